The Morgan fingerprint density at radius 1 is 1.29 bits per heavy atom. The maximum atomic E-state index is 5.97. The molecule has 0 N–H and O–H groups in total. The molecule has 0 saturated heterocycles. The Balaban J connectivity index is 2.26. The Bertz CT molecular complexity index is 375. The summed E-state index contributed by atoms with van der Waals surface area (Å²) < 4.78 is 0. The molecular formula is C13H15Cl. The molecule has 1 aromatic carbocycles. The van der Waals surface area contributed by atoms with Gasteiger partial charge in [0.05, 0.1) is 0 Å². The molecule has 0 saturated carbocycles. The Kier molecular flexibility index (Phi) is 2.40. The number of hydrogen-bond donors (Lipinski definition) is 0. The molecule has 1 aliphatic carbocycles. The second-order valence-corrected chi connectivity index (χ2v) is 5.22. The lowest BCUT2D eigenvalue weighted by Crippen LogP contribution is -2.04. The molecule has 0 heterocycles. The largest absolute Gasteiger partial charge is 0.0843 e. The maximum Gasteiger partial charge on any atom is 0.0412 e. The van der Waals surface area contributed by atoms with Crippen LogP contribution in [0.4, 0.5) is 0 Å². The minimum atomic E-state index is 0.428. The van der Waals surface area contributed by atoms with Crippen LogP contribution in [0.3, 0.4) is 0 Å². The Hall–Kier alpha value is -0.750. The smallest absolute Gasteiger partial charge is 0.0412 e. The molecule has 0 amide bonds. The molecule has 1 aromatic rings. The van der Waals surface area contributed by atoms with E-state index in [0.29, 0.717) is 5.41 Å². The van der Waals surface area contributed by atoms with Crippen LogP contribution in [0.2, 0.25) is 5.02 Å². The third-order valence-electron chi connectivity index (χ3n) is 2.77. The molecule has 0 aliphatic heterocycles. The lowest BCUT2D eigenvalue weighted by molar-refractivity contribution is 0.403. The summed E-state index contributed by atoms with van der Waals surface area (Å²) >= 11 is 5.97. The van der Waals surface area contributed by atoms with E-state index in [9.17, 15) is 0 Å². The van der Waals surface area contributed by atoms with Gasteiger partial charge in [-0.25, -0.2) is 0 Å². The number of rotatable bonds is 1. The molecule has 0 aromatic heterocycles. The number of allylic oxidation sites excluding steroid dienone is 2. The summed E-state index contributed by atoms with van der Waals surface area (Å²) in [5.41, 5.74) is 3.15. The van der Waals surface area contributed by atoms with Crippen LogP contribution in [0.15, 0.2) is 30.3 Å². The number of halogens is 1. The fraction of sp³-hybridized carbons (Fsp3) is 0.385. The van der Waals surface area contributed by atoms with Gasteiger partial charge in [0.15, 0.2) is 0 Å². The highest BCUT2D eigenvalue weighted by Gasteiger charge is 2.24. The van der Waals surface area contributed by atoms with Crippen LogP contribution in [0.5, 0.6) is 0 Å². The average molecular weight is 207 g/mol. The molecule has 74 valence electrons. The Labute approximate surface area is 90.6 Å². The summed E-state index contributed by atoms with van der Waals surface area (Å²) in [6.45, 7) is 4.61. The van der Waals surface area contributed by atoms with E-state index >= 15 is 0 Å². The minimum absolute atomic E-state index is 0.428. The van der Waals surface area contributed by atoms with E-state index in [0.717, 1.165) is 11.4 Å². The monoisotopic (exact) mass is 206 g/mol. The molecule has 14 heavy (non-hydrogen) atoms. The minimum Gasteiger partial charge on any atom is -0.0843 e. The predicted molar refractivity (Wildman–Crippen MR) is 62.4 cm³/mol. The number of benzene rings is 1. The standard InChI is InChI=1S/C13H15Cl/c1-13(2)7-6-11(9-13)10-4-3-5-12(14)8-10/h3-6,8H,7,9H2,1-2H3. The molecule has 0 nitrogen and oxygen atoms in total. The summed E-state index contributed by atoms with van der Waals surface area (Å²) in [6.07, 6.45) is 4.67. The van der Waals surface area contributed by atoms with Crippen molar-refractivity contribution in [2.75, 3.05) is 0 Å². The van der Waals surface area contributed by atoms with Gasteiger partial charge in [-0.1, -0.05) is 43.7 Å². The zero-order valence-corrected chi connectivity index (χ0v) is 9.43. The normalized spacial score (nSPS) is 19.5. The molecule has 1 aliphatic rings. The molecule has 2 rings (SSSR count). The first-order valence-corrected chi connectivity index (χ1v) is 5.40. The molecule has 0 unspecified atom stereocenters. The summed E-state index contributed by atoms with van der Waals surface area (Å²) in [5.74, 6) is 0. The summed E-state index contributed by atoms with van der Waals surface area (Å²) in [6, 6.07) is 8.13. The zero-order valence-electron chi connectivity index (χ0n) is 8.68. The van der Waals surface area contributed by atoms with Crippen LogP contribution in [0.25, 0.3) is 5.57 Å². The third kappa shape index (κ3) is 2.01. The van der Waals surface area contributed by atoms with Crippen molar-refractivity contribution in [2.24, 2.45) is 5.41 Å². The van der Waals surface area contributed by atoms with Crippen molar-refractivity contribution in [1.82, 2.24) is 0 Å². The summed E-state index contributed by atoms with van der Waals surface area (Å²) in [5, 5.41) is 0.827. The van der Waals surface area contributed by atoms with Crippen molar-refractivity contribution in [3.8, 4) is 0 Å². The maximum absolute atomic E-state index is 5.97. The van der Waals surface area contributed by atoms with E-state index in [-0.39, 0.29) is 0 Å². The van der Waals surface area contributed by atoms with Gasteiger partial charge < -0.3 is 0 Å². The van der Waals surface area contributed by atoms with Crippen LogP contribution in [-0.4, -0.2) is 0 Å². The van der Waals surface area contributed by atoms with Gasteiger partial charge >= 0.3 is 0 Å². The van der Waals surface area contributed by atoms with Crippen molar-refractivity contribution < 1.29 is 0 Å². The van der Waals surface area contributed by atoms with Crippen LogP contribution in [0.1, 0.15) is 32.3 Å². The van der Waals surface area contributed by atoms with Crippen molar-refractivity contribution in [3.05, 3.63) is 40.9 Å². The molecular weight excluding hydrogens is 192 g/mol. The highest BCUT2D eigenvalue weighted by molar-refractivity contribution is 6.30. The first kappa shape index (κ1) is 9.79. The van der Waals surface area contributed by atoms with E-state index in [1.54, 1.807) is 0 Å². The predicted octanol–water partition coefficient (Wildman–Crippen LogP) is 4.54. The molecule has 0 fully saturated rings. The average Bonchev–Trinajstić information content (AvgIpc) is 2.46. The molecule has 1 heteroatoms. The summed E-state index contributed by atoms with van der Waals surface area (Å²) in [4.78, 5) is 0. The Morgan fingerprint density at radius 3 is 2.64 bits per heavy atom. The van der Waals surface area contributed by atoms with Crippen LogP contribution >= 0.6 is 11.6 Å². The van der Waals surface area contributed by atoms with E-state index in [1.807, 2.05) is 12.1 Å². The van der Waals surface area contributed by atoms with Gasteiger partial charge in [-0.15, -0.1) is 0 Å². The zero-order chi connectivity index (χ0) is 10.2. The van der Waals surface area contributed by atoms with Crippen molar-refractivity contribution in [2.45, 2.75) is 26.7 Å². The van der Waals surface area contributed by atoms with Crippen molar-refractivity contribution in [3.63, 3.8) is 0 Å². The quantitative estimate of drug-likeness (QED) is 0.633. The van der Waals surface area contributed by atoms with Gasteiger partial charge in [0.2, 0.25) is 0 Å². The van der Waals surface area contributed by atoms with Gasteiger partial charge in [0, 0.05) is 5.02 Å². The molecule has 0 radical (unpaired) electrons. The SMILES string of the molecule is CC1(C)CC=C(c2cccc(Cl)c2)C1. The fourth-order valence-electron chi connectivity index (χ4n) is 1.97. The topological polar surface area (TPSA) is 0 Å². The van der Waals surface area contributed by atoms with Crippen LogP contribution < -0.4 is 0 Å². The number of hydrogen-bond acceptors (Lipinski definition) is 0. The highest BCUT2D eigenvalue weighted by atomic mass is 35.5. The third-order valence-corrected chi connectivity index (χ3v) is 3.00. The van der Waals surface area contributed by atoms with E-state index in [1.165, 1.54) is 17.6 Å². The Morgan fingerprint density at radius 2 is 2.07 bits per heavy atom. The van der Waals surface area contributed by atoms with Gasteiger partial charge in [-0.05, 0) is 41.5 Å². The lowest BCUT2D eigenvalue weighted by atomic mass is 9.88. The first-order chi connectivity index (χ1) is 6.57. The highest BCUT2D eigenvalue weighted by Crippen LogP contribution is 2.41. The molecule has 0 spiro atoms. The van der Waals surface area contributed by atoms with Crippen molar-refractivity contribution >= 4 is 17.2 Å². The molecule has 0 atom stereocenters. The van der Waals surface area contributed by atoms with Gasteiger partial charge in [0.1, 0.15) is 0 Å². The van der Waals surface area contributed by atoms with Gasteiger partial charge in [-0.2, -0.15) is 0 Å². The second kappa shape index (κ2) is 3.43. The van der Waals surface area contributed by atoms with E-state index in [2.05, 4.69) is 32.1 Å². The lowest BCUT2D eigenvalue weighted by Gasteiger charge is -2.16. The molecule has 0 bridgehead atoms. The van der Waals surface area contributed by atoms with Crippen LogP contribution in [-0.2, 0) is 0 Å². The van der Waals surface area contributed by atoms with Crippen molar-refractivity contribution in [1.29, 1.82) is 0 Å². The van der Waals surface area contributed by atoms with Gasteiger partial charge in [-0.3, -0.25) is 0 Å². The summed E-state index contributed by atoms with van der Waals surface area (Å²) in [7, 11) is 0. The first-order valence-electron chi connectivity index (χ1n) is 5.02. The van der Waals surface area contributed by atoms with Gasteiger partial charge in [0.25, 0.3) is 0 Å². The fourth-order valence-corrected chi connectivity index (χ4v) is 2.16. The van der Waals surface area contributed by atoms with E-state index < -0.39 is 0 Å². The second-order valence-electron chi connectivity index (χ2n) is 4.78. The van der Waals surface area contributed by atoms with Crippen LogP contribution in [0, 0.1) is 5.41 Å². The van der Waals surface area contributed by atoms with E-state index in [4.69, 9.17) is 11.6 Å².